The molecule has 0 spiro atoms. The molecule has 0 radical (unpaired) electrons. The predicted octanol–water partition coefficient (Wildman–Crippen LogP) is 2.38. The minimum atomic E-state index is 0.0178. The van der Waals surface area contributed by atoms with Gasteiger partial charge in [-0.05, 0) is 37.0 Å². The monoisotopic (exact) mass is 396 g/mol. The molecular weight excluding hydrogens is 372 g/mol. The number of nitrogens with one attached hydrogen (secondary N) is 1. The SMILES string of the molecule is COCCCNC(=O)C1CCN(C(=O)Cc2ccc(Br)cc2)CC1. The van der Waals surface area contributed by atoms with E-state index < -0.39 is 0 Å². The molecule has 132 valence electrons. The average molecular weight is 397 g/mol. The number of nitrogens with zero attached hydrogens (tertiary/aromatic N) is 1. The van der Waals surface area contributed by atoms with Gasteiger partial charge in [-0.1, -0.05) is 28.1 Å². The predicted molar refractivity (Wildman–Crippen MR) is 96.7 cm³/mol. The Morgan fingerprint density at radius 3 is 2.54 bits per heavy atom. The van der Waals surface area contributed by atoms with Crippen molar-refractivity contribution >= 4 is 27.7 Å². The first-order valence-electron chi connectivity index (χ1n) is 8.39. The molecule has 0 unspecified atom stereocenters. The largest absolute Gasteiger partial charge is 0.385 e. The van der Waals surface area contributed by atoms with E-state index in [4.69, 9.17) is 4.74 Å². The third-order valence-electron chi connectivity index (χ3n) is 4.31. The van der Waals surface area contributed by atoms with Gasteiger partial charge in [-0.25, -0.2) is 0 Å². The van der Waals surface area contributed by atoms with E-state index in [9.17, 15) is 9.59 Å². The standard InChI is InChI=1S/C18H25BrN2O3/c1-24-12-2-9-20-18(23)15-7-10-21(11-8-15)17(22)13-14-3-5-16(19)6-4-14/h3-6,15H,2,7-13H2,1H3,(H,20,23). The maximum atomic E-state index is 12.4. The molecular formula is C18H25BrN2O3. The van der Waals surface area contributed by atoms with Gasteiger partial charge >= 0.3 is 0 Å². The van der Waals surface area contributed by atoms with Crippen molar-refractivity contribution in [1.82, 2.24) is 10.2 Å². The molecule has 1 aliphatic rings. The summed E-state index contributed by atoms with van der Waals surface area (Å²) in [4.78, 5) is 26.3. The number of piperidine rings is 1. The molecule has 5 nitrogen and oxygen atoms in total. The number of hydrogen-bond donors (Lipinski definition) is 1. The van der Waals surface area contributed by atoms with Crippen molar-refractivity contribution in [1.29, 1.82) is 0 Å². The van der Waals surface area contributed by atoms with Gasteiger partial charge in [0, 0.05) is 43.7 Å². The maximum Gasteiger partial charge on any atom is 0.226 e. The van der Waals surface area contributed by atoms with Gasteiger partial charge < -0.3 is 15.0 Å². The first-order valence-corrected chi connectivity index (χ1v) is 9.18. The van der Waals surface area contributed by atoms with E-state index in [0.29, 0.717) is 32.7 Å². The smallest absolute Gasteiger partial charge is 0.226 e. The summed E-state index contributed by atoms with van der Waals surface area (Å²) in [6.45, 7) is 2.62. The van der Waals surface area contributed by atoms with Crippen LogP contribution in [0.2, 0.25) is 0 Å². The molecule has 0 bridgehead atoms. The fourth-order valence-electron chi connectivity index (χ4n) is 2.85. The fourth-order valence-corrected chi connectivity index (χ4v) is 3.12. The molecule has 0 aromatic heterocycles. The van der Waals surface area contributed by atoms with E-state index in [1.807, 2.05) is 29.2 Å². The second-order valence-corrected chi connectivity index (χ2v) is 7.01. The van der Waals surface area contributed by atoms with Gasteiger partial charge in [-0.15, -0.1) is 0 Å². The van der Waals surface area contributed by atoms with Crippen LogP contribution < -0.4 is 5.32 Å². The van der Waals surface area contributed by atoms with Crippen LogP contribution in [-0.2, 0) is 20.7 Å². The summed E-state index contributed by atoms with van der Waals surface area (Å²) in [6, 6.07) is 7.82. The Bertz CT molecular complexity index is 540. The number of halogens is 1. The molecule has 6 heteroatoms. The maximum absolute atomic E-state index is 12.4. The van der Waals surface area contributed by atoms with Gasteiger partial charge in [0.2, 0.25) is 11.8 Å². The number of hydrogen-bond acceptors (Lipinski definition) is 3. The lowest BCUT2D eigenvalue weighted by Crippen LogP contribution is -2.43. The van der Waals surface area contributed by atoms with Crippen LogP contribution in [0.4, 0.5) is 0 Å². The summed E-state index contributed by atoms with van der Waals surface area (Å²) in [7, 11) is 1.66. The summed E-state index contributed by atoms with van der Waals surface area (Å²) in [6.07, 6.45) is 2.72. The zero-order valence-corrected chi connectivity index (χ0v) is 15.7. The number of benzene rings is 1. The van der Waals surface area contributed by atoms with Gasteiger partial charge in [0.25, 0.3) is 0 Å². The van der Waals surface area contributed by atoms with Crippen molar-refractivity contribution in [2.75, 3.05) is 33.4 Å². The second-order valence-electron chi connectivity index (χ2n) is 6.10. The Morgan fingerprint density at radius 1 is 1.25 bits per heavy atom. The van der Waals surface area contributed by atoms with Gasteiger partial charge in [-0.3, -0.25) is 9.59 Å². The van der Waals surface area contributed by atoms with Gasteiger partial charge in [0.15, 0.2) is 0 Å². The molecule has 24 heavy (non-hydrogen) atoms. The van der Waals surface area contributed by atoms with Crippen molar-refractivity contribution in [3.63, 3.8) is 0 Å². The summed E-state index contributed by atoms with van der Waals surface area (Å²) in [5.41, 5.74) is 1.02. The van der Waals surface area contributed by atoms with Crippen molar-refractivity contribution < 1.29 is 14.3 Å². The van der Waals surface area contributed by atoms with Crippen LogP contribution >= 0.6 is 15.9 Å². The lowest BCUT2D eigenvalue weighted by Gasteiger charge is -2.31. The zero-order valence-electron chi connectivity index (χ0n) is 14.1. The minimum Gasteiger partial charge on any atom is -0.385 e. The third-order valence-corrected chi connectivity index (χ3v) is 4.84. The number of carbonyl (C=O) groups is 2. The highest BCUT2D eigenvalue weighted by Crippen LogP contribution is 2.19. The molecule has 1 fully saturated rings. The summed E-state index contributed by atoms with van der Waals surface area (Å²) >= 11 is 3.39. The molecule has 1 aromatic rings. The number of carbonyl (C=O) groups excluding carboxylic acids is 2. The molecule has 1 saturated heterocycles. The van der Waals surface area contributed by atoms with Crippen LogP contribution in [0.5, 0.6) is 0 Å². The van der Waals surface area contributed by atoms with Gasteiger partial charge in [0.05, 0.1) is 6.42 Å². The Kier molecular flexibility index (Phi) is 7.72. The van der Waals surface area contributed by atoms with Crippen LogP contribution in [-0.4, -0.2) is 50.1 Å². The molecule has 1 heterocycles. The normalized spacial score (nSPS) is 15.3. The van der Waals surface area contributed by atoms with E-state index in [1.165, 1.54) is 0 Å². The van der Waals surface area contributed by atoms with Crippen molar-refractivity contribution in [2.45, 2.75) is 25.7 Å². The van der Waals surface area contributed by atoms with Crippen LogP contribution in [0.1, 0.15) is 24.8 Å². The van der Waals surface area contributed by atoms with Crippen LogP contribution in [0.15, 0.2) is 28.7 Å². The van der Waals surface area contributed by atoms with E-state index in [1.54, 1.807) is 7.11 Å². The Hall–Kier alpha value is -1.40. The van der Waals surface area contributed by atoms with Gasteiger partial charge in [0.1, 0.15) is 0 Å². The third kappa shape index (κ3) is 5.91. The molecule has 1 N–H and O–H groups in total. The summed E-state index contributed by atoms with van der Waals surface area (Å²) in [5.74, 6) is 0.256. The molecule has 1 aromatic carbocycles. The Morgan fingerprint density at radius 2 is 1.92 bits per heavy atom. The van der Waals surface area contributed by atoms with E-state index in [2.05, 4.69) is 21.2 Å². The number of methoxy groups -OCH3 is 1. The molecule has 2 amide bonds. The lowest BCUT2D eigenvalue weighted by atomic mass is 9.95. The van der Waals surface area contributed by atoms with Crippen LogP contribution in [0.25, 0.3) is 0 Å². The van der Waals surface area contributed by atoms with Crippen molar-refractivity contribution in [3.05, 3.63) is 34.3 Å². The Labute approximate surface area is 151 Å². The van der Waals surface area contributed by atoms with E-state index >= 15 is 0 Å². The first-order chi connectivity index (χ1) is 11.6. The zero-order chi connectivity index (χ0) is 17.4. The van der Waals surface area contributed by atoms with Gasteiger partial charge in [-0.2, -0.15) is 0 Å². The minimum absolute atomic E-state index is 0.0178. The number of ether oxygens (including phenoxy) is 1. The van der Waals surface area contributed by atoms with Crippen molar-refractivity contribution in [2.24, 2.45) is 5.92 Å². The highest BCUT2D eigenvalue weighted by atomic mass is 79.9. The highest BCUT2D eigenvalue weighted by Gasteiger charge is 2.26. The summed E-state index contributed by atoms with van der Waals surface area (Å²) in [5, 5.41) is 2.95. The topological polar surface area (TPSA) is 58.6 Å². The number of likely N-dealkylation sites (tertiary alicyclic amines) is 1. The molecule has 2 rings (SSSR count). The molecule has 0 atom stereocenters. The Balaban J connectivity index is 1.72. The quantitative estimate of drug-likeness (QED) is 0.719. The summed E-state index contributed by atoms with van der Waals surface area (Å²) < 4.78 is 5.98. The number of rotatable bonds is 7. The molecule has 0 saturated carbocycles. The van der Waals surface area contributed by atoms with Crippen LogP contribution in [0, 0.1) is 5.92 Å². The second kappa shape index (κ2) is 9.79. The average Bonchev–Trinajstić information content (AvgIpc) is 2.60. The number of amides is 2. The van der Waals surface area contributed by atoms with Crippen molar-refractivity contribution in [3.8, 4) is 0 Å². The van der Waals surface area contributed by atoms with Crippen LogP contribution in [0.3, 0.4) is 0 Å². The first kappa shape index (κ1) is 18.9. The lowest BCUT2D eigenvalue weighted by molar-refractivity contribution is -0.135. The molecule has 1 aliphatic heterocycles. The van der Waals surface area contributed by atoms with E-state index in [-0.39, 0.29) is 17.7 Å². The fraction of sp³-hybridized carbons (Fsp3) is 0.556. The van der Waals surface area contributed by atoms with E-state index in [0.717, 1.165) is 29.3 Å². The highest BCUT2D eigenvalue weighted by molar-refractivity contribution is 9.10. The molecule has 0 aliphatic carbocycles.